The van der Waals surface area contributed by atoms with Crippen molar-refractivity contribution >= 4 is 21.4 Å². The summed E-state index contributed by atoms with van der Waals surface area (Å²) in [5, 5.41) is 6.58. The second-order valence-electron chi connectivity index (χ2n) is 6.07. The lowest BCUT2D eigenvalue weighted by atomic mass is 10.2. The van der Waals surface area contributed by atoms with Crippen molar-refractivity contribution in [2.45, 2.75) is 43.4 Å². The minimum Gasteiger partial charge on any atom is -0.267 e. The Kier molecular flexibility index (Phi) is 3.58. The summed E-state index contributed by atoms with van der Waals surface area (Å²) in [6.45, 7) is 1.02. The van der Waals surface area contributed by atoms with Gasteiger partial charge >= 0.3 is 0 Å². The zero-order valence-electron chi connectivity index (χ0n) is 12.2. The highest BCUT2D eigenvalue weighted by atomic mass is 32.2. The molecule has 2 aliphatic rings. The molecule has 0 bridgehead atoms. The molecule has 0 amide bonds. The highest BCUT2D eigenvalue weighted by Crippen LogP contribution is 2.41. The normalized spacial score (nSPS) is 18.7. The van der Waals surface area contributed by atoms with E-state index in [-0.39, 0.29) is 5.25 Å². The quantitative estimate of drug-likeness (QED) is 0.844. The number of nitrogens with one attached hydrogen (secondary N) is 1. The molecule has 0 aliphatic heterocycles. The Bertz CT molecular complexity index is 757. The first-order chi connectivity index (χ1) is 10.6. The van der Waals surface area contributed by atoms with Crippen LogP contribution in [0.3, 0.4) is 0 Å². The molecule has 2 heterocycles. The van der Waals surface area contributed by atoms with Crippen LogP contribution in [0.5, 0.6) is 0 Å². The molecule has 2 aliphatic carbocycles. The minimum absolute atomic E-state index is 0.158. The molecule has 5 nitrogen and oxygen atoms in total. The van der Waals surface area contributed by atoms with Gasteiger partial charge in [-0.25, -0.2) is 13.1 Å². The summed E-state index contributed by atoms with van der Waals surface area (Å²) in [6, 6.07) is 6.27. The SMILES string of the molecule is O=S(=O)(NCCn1nc(-c2cccs2)cc1C1CC1)C1CC1. The predicted octanol–water partition coefficient (Wildman–Crippen LogP) is 2.57. The Morgan fingerprint density at radius 1 is 1.32 bits per heavy atom. The van der Waals surface area contributed by atoms with Gasteiger partial charge in [0.05, 0.1) is 16.7 Å². The van der Waals surface area contributed by atoms with Gasteiger partial charge < -0.3 is 0 Å². The number of aromatic nitrogens is 2. The molecular formula is C15H19N3O2S2. The molecule has 2 aromatic rings. The fraction of sp³-hybridized carbons (Fsp3) is 0.533. The van der Waals surface area contributed by atoms with Crippen LogP contribution in [0.25, 0.3) is 10.6 Å². The second-order valence-corrected chi connectivity index (χ2v) is 9.06. The van der Waals surface area contributed by atoms with Crippen LogP contribution in [0.2, 0.25) is 0 Å². The fourth-order valence-electron chi connectivity index (χ4n) is 2.65. The van der Waals surface area contributed by atoms with E-state index in [1.165, 1.54) is 23.4 Å². The van der Waals surface area contributed by atoms with Crippen molar-refractivity contribution in [3.05, 3.63) is 29.3 Å². The molecule has 0 unspecified atom stereocenters. The minimum atomic E-state index is -3.10. The molecule has 0 radical (unpaired) electrons. The molecule has 4 rings (SSSR count). The lowest BCUT2D eigenvalue weighted by Gasteiger charge is -2.08. The molecular weight excluding hydrogens is 318 g/mol. The van der Waals surface area contributed by atoms with Crippen LogP contribution in [0.1, 0.15) is 37.3 Å². The van der Waals surface area contributed by atoms with E-state index in [2.05, 4.69) is 27.3 Å². The zero-order chi connectivity index (χ0) is 15.2. The van der Waals surface area contributed by atoms with E-state index in [0.29, 0.717) is 19.0 Å². The van der Waals surface area contributed by atoms with E-state index in [9.17, 15) is 8.42 Å². The Hall–Kier alpha value is -1.18. The molecule has 2 fully saturated rings. The second kappa shape index (κ2) is 5.47. The highest BCUT2D eigenvalue weighted by molar-refractivity contribution is 7.90. The smallest absolute Gasteiger partial charge is 0.214 e. The van der Waals surface area contributed by atoms with Gasteiger partial charge in [-0.1, -0.05) is 6.07 Å². The lowest BCUT2D eigenvalue weighted by molar-refractivity contribution is 0.551. The van der Waals surface area contributed by atoms with E-state index >= 15 is 0 Å². The van der Waals surface area contributed by atoms with Crippen LogP contribution in [-0.2, 0) is 16.6 Å². The molecule has 22 heavy (non-hydrogen) atoms. The summed E-state index contributed by atoms with van der Waals surface area (Å²) < 4.78 is 28.4. The Morgan fingerprint density at radius 3 is 2.77 bits per heavy atom. The molecule has 0 spiro atoms. The van der Waals surface area contributed by atoms with Crippen molar-refractivity contribution in [2.75, 3.05) is 6.54 Å². The standard InChI is InChI=1S/C15H19N3O2S2/c19-22(20,12-5-6-12)16-7-8-18-14(11-3-4-11)10-13(17-18)15-2-1-9-21-15/h1-2,9-12,16H,3-8H2. The first kappa shape index (κ1) is 14.4. The average molecular weight is 337 g/mol. The van der Waals surface area contributed by atoms with Crippen LogP contribution in [0, 0.1) is 0 Å². The molecule has 2 aromatic heterocycles. The van der Waals surface area contributed by atoms with Gasteiger partial charge in [0.25, 0.3) is 0 Å². The van der Waals surface area contributed by atoms with Crippen LogP contribution in [0.15, 0.2) is 23.6 Å². The lowest BCUT2D eigenvalue weighted by Crippen LogP contribution is -2.30. The van der Waals surface area contributed by atoms with Gasteiger partial charge in [0.15, 0.2) is 0 Å². The van der Waals surface area contributed by atoms with Crippen molar-refractivity contribution in [3.63, 3.8) is 0 Å². The van der Waals surface area contributed by atoms with E-state index in [0.717, 1.165) is 18.5 Å². The maximum Gasteiger partial charge on any atom is 0.214 e. The van der Waals surface area contributed by atoms with E-state index in [4.69, 9.17) is 0 Å². The third-order valence-corrected chi connectivity index (χ3v) is 7.02. The number of hydrogen-bond donors (Lipinski definition) is 1. The number of hydrogen-bond acceptors (Lipinski definition) is 4. The summed E-state index contributed by atoms with van der Waals surface area (Å²) in [5.41, 5.74) is 2.25. The van der Waals surface area contributed by atoms with E-state index in [1.807, 2.05) is 10.7 Å². The Morgan fingerprint density at radius 2 is 2.14 bits per heavy atom. The molecule has 7 heteroatoms. The molecule has 118 valence electrons. The first-order valence-electron chi connectivity index (χ1n) is 7.73. The number of sulfonamides is 1. The van der Waals surface area contributed by atoms with Crippen LogP contribution >= 0.6 is 11.3 Å². The van der Waals surface area contributed by atoms with Gasteiger partial charge in [-0.15, -0.1) is 11.3 Å². The van der Waals surface area contributed by atoms with Crippen molar-refractivity contribution < 1.29 is 8.42 Å². The van der Waals surface area contributed by atoms with Gasteiger partial charge in [0.2, 0.25) is 10.0 Å². The molecule has 0 atom stereocenters. The summed E-state index contributed by atoms with van der Waals surface area (Å²) in [7, 11) is -3.10. The van der Waals surface area contributed by atoms with Gasteiger partial charge in [-0.3, -0.25) is 4.68 Å². The van der Waals surface area contributed by atoms with Crippen LogP contribution in [0.4, 0.5) is 0 Å². The summed E-state index contributed by atoms with van der Waals surface area (Å²) in [4.78, 5) is 1.17. The zero-order valence-corrected chi connectivity index (χ0v) is 13.9. The largest absolute Gasteiger partial charge is 0.267 e. The summed E-state index contributed by atoms with van der Waals surface area (Å²) in [5.74, 6) is 0.598. The third kappa shape index (κ3) is 2.98. The number of rotatable bonds is 7. The van der Waals surface area contributed by atoms with E-state index < -0.39 is 10.0 Å². The van der Waals surface area contributed by atoms with Crippen molar-refractivity contribution in [1.82, 2.24) is 14.5 Å². The number of nitrogens with zero attached hydrogens (tertiary/aromatic N) is 2. The first-order valence-corrected chi connectivity index (χ1v) is 10.2. The fourth-order valence-corrected chi connectivity index (χ4v) is 4.70. The van der Waals surface area contributed by atoms with Crippen molar-refractivity contribution in [3.8, 4) is 10.6 Å². The molecule has 1 N–H and O–H groups in total. The van der Waals surface area contributed by atoms with Crippen LogP contribution in [-0.4, -0.2) is 30.0 Å². The van der Waals surface area contributed by atoms with Crippen molar-refractivity contribution in [1.29, 1.82) is 0 Å². The molecule has 2 saturated carbocycles. The monoisotopic (exact) mass is 337 g/mol. The predicted molar refractivity (Wildman–Crippen MR) is 87.5 cm³/mol. The maximum atomic E-state index is 11.9. The van der Waals surface area contributed by atoms with Gasteiger partial charge in [-0.2, -0.15) is 5.10 Å². The third-order valence-electron chi connectivity index (χ3n) is 4.17. The maximum absolute atomic E-state index is 11.9. The molecule has 0 aromatic carbocycles. The van der Waals surface area contributed by atoms with Crippen LogP contribution < -0.4 is 4.72 Å². The summed E-state index contributed by atoms with van der Waals surface area (Å²) in [6.07, 6.45) is 4.02. The summed E-state index contributed by atoms with van der Waals surface area (Å²) >= 11 is 1.68. The highest BCUT2D eigenvalue weighted by Gasteiger charge is 2.35. The number of thiophene rings is 1. The Balaban J connectivity index is 1.48. The Labute approximate surface area is 134 Å². The topological polar surface area (TPSA) is 64.0 Å². The average Bonchev–Trinajstić information content (AvgIpc) is 3.41. The van der Waals surface area contributed by atoms with Gasteiger partial charge in [0.1, 0.15) is 5.69 Å². The molecule has 0 saturated heterocycles. The van der Waals surface area contributed by atoms with Crippen molar-refractivity contribution in [2.24, 2.45) is 0 Å². The van der Waals surface area contributed by atoms with E-state index in [1.54, 1.807) is 11.3 Å². The van der Waals surface area contributed by atoms with Gasteiger partial charge in [0, 0.05) is 18.2 Å². The van der Waals surface area contributed by atoms with Gasteiger partial charge in [-0.05, 0) is 43.2 Å².